The van der Waals surface area contributed by atoms with Crippen molar-refractivity contribution in [2.45, 2.75) is 18.4 Å². The molecule has 1 aromatic carbocycles. The van der Waals surface area contributed by atoms with E-state index in [0.29, 0.717) is 6.67 Å². The van der Waals surface area contributed by atoms with Gasteiger partial charge in [-0.3, -0.25) is 4.79 Å². The zero-order valence-electron chi connectivity index (χ0n) is 10.7. The number of carbonyl (C=O) groups is 1. The predicted molar refractivity (Wildman–Crippen MR) is 71.4 cm³/mol. The number of anilines is 1. The maximum Gasteiger partial charge on any atom is 0.250 e. The van der Waals surface area contributed by atoms with Crippen molar-refractivity contribution in [2.24, 2.45) is 0 Å². The molecule has 1 amide bonds. The molecule has 0 saturated carbocycles. The summed E-state index contributed by atoms with van der Waals surface area (Å²) in [5, 5.41) is 3.38. The molecule has 2 saturated heterocycles. The van der Waals surface area contributed by atoms with Crippen LogP contribution in [-0.2, 0) is 4.79 Å². The van der Waals surface area contributed by atoms with Gasteiger partial charge in [0.1, 0.15) is 5.54 Å². The molecule has 96 valence electrons. The smallest absolute Gasteiger partial charge is 0.250 e. The molecule has 4 heteroatoms. The van der Waals surface area contributed by atoms with E-state index in [0.717, 1.165) is 31.6 Å². The van der Waals surface area contributed by atoms with Crippen LogP contribution >= 0.6 is 0 Å². The van der Waals surface area contributed by atoms with Crippen molar-refractivity contribution in [1.82, 2.24) is 10.2 Å². The minimum absolute atomic E-state index is 0.249. The highest BCUT2D eigenvalue weighted by molar-refractivity contribution is 5.93. The standard InChI is InChI=1S/C14H19N3O/c1-16-11-17(12-6-3-2-4-7-12)14(13(16)18)8-5-9-15-10-14/h2-4,6-7,15H,5,8-11H2,1H3. The highest BCUT2D eigenvalue weighted by atomic mass is 16.2. The molecule has 1 aromatic rings. The van der Waals surface area contributed by atoms with Crippen molar-refractivity contribution >= 4 is 11.6 Å². The van der Waals surface area contributed by atoms with Crippen LogP contribution in [0.25, 0.3) is 0 Å². The highest BCUT2D eigenvalue weighted by Gasteiger charge is 2.51. The molecule has 0 aromatic heterocycles. The summed E-state index contributed by atoms with van der Waals surface area (Å²) in [5.41, 5.74) is 0.771. The summed E-state index contributed by atoms with van der Waals surface area (Å²) < 4.78 is 0. The van der Waals surface area contributed by atoms with Gasteiger partial charge in [0.25, 0.3) is 5.91 Å². The minimum atomic E-state index is -0.367. The lowest BCUT2D eigenvalue weighted by Crippen LogP contribution is -2.58. The van der Waals surface area contributed by atoms with E-state index in [9.17, 15) is 4.79 Å². The molecule has 3 rings (SSSR count). The molecule has 2 aliphatic rings. The third-order valence-corrected chi connectivity index (χ3v) is 4.04. The summed E-state index contributed by atoms with van der Waals surface area (Å²) >= 11 is 0. The summed E-state index contributed by atoms with van der Waals surface area (Å²) in [5.74, 6) is 0.249. The molecule has 1 N–H and O–H groups in total. The first-order valence-electron chi connectivity index (χ1n) is 6.53. The topological polar surface area (TPSA) is 35.6 Å². The highest BCUT2D eigenvalue weighted by Crippen LogP contribution is 2.35. The lowest BCUT2D eigenvalue weighted by atomic mass is 9.88. The summed E-state index contributed by atoms with van der Waals surface area (Å²) in [6, 6.07) is 10.2. The molecule has 2 heterocycles. The van der Waals surface area contributed by atoms with E-state index in [1.807, 2.05) is 30.1 Å². The van der Waals surface area contributed by atoms with Crippen LogP contribution in [-0.4, -0.2) is 43.2 Å². The van der Waals surface area contributed by atoms with E-state index in [-0.39, 0.29) is 11.4 Å². The van der Waals surface area contributed by atoms with Gasteiger partial charge in [-0.25, -0.2) is 0 Å². The Morgan fingerprint density at radius 3 is 2.72 bits per heavy atom. The van der Waals surface area contributed by atoms with Gasteiger partial charge >= 0.3 is 0 Å². The number of hydrogen-bond acceptors (Lipinski definition) is 3. The fraction of sp³-hybridized carbons (Fsp3) is 0.500. The van der Waals surface area contributed by atoms with Crippen LogP contribution in [0, 0.1) is 0 Å². The van der Waals surface area contributed by atoms with E-state index in [1.165, 1.54) is 0 Å². The van der Waals surface area contributed by atoms with Gasteiger partial charge < -0.3 is 15.1 Å². The zero-order valence-corrected chi connectivity index (χ0v) is 10.7. The number of likely N-dealkylation sites (N-methyl/N-ethyl adjacent to an activating group) is 1. The molecule has 1 unspecified atom stereocenters. The van der Waals surface area contributed by atoms with Crippen molar-refractivity contribution < 1.29 is 4.79 Å². The second-order valence-corrected chi connectivity index (χ2v) is 5.22. The molecular weight excluding hydrogens is 226 g/mol. The fourth-order valence-corrected chi connectivity index (χ4v) is 3.12. The molecule has 4 nitrogen and oxygen atoms in total. The Bertz CT molecular complexity index is 440. The van der Waals surface area contributed by atoms with Gasteiger partial charge in [-0.2, -0.15) is 0 Å². The molecule has 1 spiro atoms. The molecule has 0 radical (unpaired) electrons. The Hall–Kier alpha value is -1.55. The van der Waals surface area contributed by atoms with Crippen molar-refractivity contribution in [2.75, 3.05) is 31.7 Å². The van der Waals surface area contributed by atoms with Gasteiger partial charge in [0.15, 0.2) is 0 Å². The number of amides is 1. The van der Waals surface area contributed by atoms with E-state index < -0.39 is 0 Å². The Balaban J connectivity index is 1.99. The van der Waals surface area contributed by atoms with Gasteiger partial charge in [0, 0.05) is 19.3 Å². The first-order valence-corrected chi connectivity index (χ1v) is 6.53. The Labute approximate surface area is 108 Å². The largest absolute Gasteiger partial charge is 0.338 e. The average molecular weight is 245 g/mol. The number of nitrogens with zero attached hydrogens (tertiary/aromatic N) is 2. The Morgan fingerprint density at radius 2 is 2.06 bits per heavy atom. The molecule has 2 fully saturated rings. The number of para-hydroxylation sites is 1. The van der Waals surface area contributed by atoms with Crippen LogP contribution in [0.15, 0.2) is 30.3 Å². The van der Waals surface area contributed by atoms with Crippen molar-refractivity contribution in [3.63, 3.8) is 0 Å². The van der Waals surface area contributed by atoms with Gasteiger partial charge in [0.2, 0.25) is 0 Å². The van der Waals surface area contributed by atoms with E-state index in [2.05, 4.69) is 22.3 Å². The molecule has 0 aliphatic carbocycles. The normalized spacial score (nSPS) is 28.2. The molecular formula is C14H19N3O. The van der Waals surface area contributed by atoms with Crippen LogP contribution in [0.4, 0.5) is 5.69 Å². The van der Waals surface area contributed by atoms with Crippen molar-refractivity contribution in [3.8, 4) is 0 Å². The Kier molecular flexibility index (Phi) is 2.74. The first-order chi connectivity index (χ1) is 8.74. The maximum atomic E-state index is 12.5. The van der Waals surface area contributed by atoms with Crippen LogP contribution in [0.1, 0.15) is 12.8 Å². The number of rotatable bonds is 1. The predicted octanol–water partition coefficient (Wildman–Crippen LogP) is 1.04. The third kappa shape index (κ3) is 1.60. The van der Waals surface area contributed by atoms with Crippen molar-refractivity contribution in [1.29, 1.82) is 0 Å². The maximum absolute atomic E-state index is 12.5. The minimum Gasteiger partial charge on any atom is -0.338 e. The SMILES string of the molecule is CN1CN(c2ccccc2)C2(CCCNC2)C1=O. The monoisotopic (exact) mass is 245 g/mol. The second-order valence-electron chi connectivity index (χ2n) is 5.22. The fourth-order valence-electron chi connectivity index (χ4n) is 3.12. The van der Waals surface area contributed by atoms with Gasteiger partial charge in [-0.15, -0.1) is 0 Å². The summed E-state index contributed by atoms with van der Waals surface area (Å²) in [7, 11) is 1.89. The lowest BCUT2D eigenvalue weighted by Gasteiger charge is -2.40. The number of nitrogens with one attached hydrogen (secondary N) is 1. The van der Waals surface area contributed by atoms with Gasteiger partial charge in [-0.1, -0.05) is 18.2 Å². The van der Waals surface area contributed by atoms with Crippen LogP contribution in [0.2, 0.25) is 0 Å². The zero-order chi connectivity index (χ0) is 12.6. The molecule has 2 aliphatic heterocycles. The van der Waals surface area contributed by atoms with Crippen LogP contribution in [0.3, 0.4) is 0 Å². The lowest BCUT2D eigenvalue weighted by molar-refractivity contribution is -0.131. The summed E-state index contributed by atoms with van der Waals surface area (Å²) in [6.07, 6.45) is 2.00. The number of piperidine rings is 1. The van der Waals surface area contributed by atoms with Gasteiger partial charge in [-0.05, 0) is 31.5 Å². The molecule has 18 heavy (non-hydrogen) atoms. The number of benzene rings is 1. The van der Waals surface area contributed by atoms with E-state index in [4.69, 9.17) is 0 Å². The van der Waals surface area contributed by atoms with Crippen LogP contribution < -0.4 is 10.2 Å². The van der Waals surface area contributed by atoms with Crippen LogP contribution in [0.5, 0.6) is 0 Å². The second kappa shape index (κ2) is 4.28. The van der Waals surface area contributed by atoms with E-state index >= 15 is 0 Å². The third-order valence-electron chi connectivity index (χ3n) is 4.04. The first kappa shape index (κ1) is 11.5. The van der Waals surface area contributed by atoms with Crippen molar-refractivity contribution in [3.05, 3.63) is 30.3 Å². The van der Waals surface area contributed by atoms with E-state index in [1.54, 1.807) is 0 Å². The summed E-state index contributed by atoms with van der Waals surface area (Å²) in [4.78, 5) is 16.6. The van der Waals surface area contributed by atoms with Gasteiger partial charge in [0.05, 0.1) is 6.67 Å². The molecule has 0 bridgehead atoms. The Morgan fingerprint density at radius 1 is 1.28 bits per heavy atom. The molecule has 1 atom stereocenters. The quantitative estimate of drug-likeness (QED) is 0.803. The summed E-state index contributed by atoms with van der Waals surface area (Å²) in [6.45, 7) is 2.46. The average Bonchev–Trinajstić information content (AvgIpc) is 2.66. The number of hydrogen-bond donors (Lipinski definition) is 1. The number of carbonyl (C=O) groups excluding carboxylic acids is 1.